The highest BCUT2D eigenvalue weighted by atomic mass is 19.4. The van der Waals surface area contributed by atoms with E-state index >= 15 is 0 Å². The Balaban J connectivity index is 1.55. The number of alkyl halides is 3. The summed E-state index contributed by atoms with van der Waals surface area (Å²) in [4.78, 5) is 28.5. The van der Waals surface area contributed by atoms with Gasteiger partial charge in [0.15, 0.2) is 0 Å². The highest BCUT2D eigenvalue weighted by Crippen LogP contribution is 2.54. The molecule has 1 saturated carbocycles. The van der Waals surface area contributed by atoms with Gasteiger partial charge >= 0.3 is 6.18 Å². The van der Waals surface area contributed by atoms with Crippen molar-refractivity contribution in [1.29, 1.82) is 0 Å². The minimum atomic E-state index is -4.58. The molecule has 170 valence electrons. The summed E-state index contributed by atoms with van der Waals surface area (Å²) in [5, 5.41) is 8.72. The van der Waals surface area contributed by atoms with Crippen LogP contribution in [-0.4, -0.2) is 35.4 Å². The number of hydrogen-bond acceptors (Lipinski definition) is 4. The van der Waals surface area contributed by atoms with Gasteiger partial charge in [-0.15, -0.1) is 6.58 Å². The van der Waals surface area contributed by atoms with Crippen molar-refractivity contribution in [2.24, 2.45) is 10.8 Å². The minimum absolute atomic E-state index is 0.0384. The molecule has 2 heterocycles. The number of halogens is 3. The van der Waals surface area contributed by atoms with E-state index < -0.39 is 23.8 Å². The number of piperidine rings is 1. The highest BCUT2D eigenvalue weighted by molar-refractivity contribution is 5.95. The van der Waals surface area contributed by atoms with Gasteiger partial charge in [-0.05, 0) is 43.2 Å². The second kappa shape index (κ2) is 8.26. The van der Waals surface area contributed by atoms with Crippen molar-refractivity contribution in [1.82, 2.24) is 15.6 Å². The number of aryl methyl sites for hydroxylation is 1. The van der Waals surface area contributed by atoms with E-state index in [2.05, 4.69) is 27.5 Å². The molecule has 1 aliphatic carbocycles. The molecule has 6 nitrogen and oxygen atoms in total. The Morgan fingerprint density at radius 2 is 2.03 bits per heavy atom. The van der Waals surface area contributed by atoms with E-state index in [9.17, 15) is 22.8 Å². The van der Waals surface area contributed by atoms with E-state index in [1.807, 2.05) is 13.8 Å². The first-order valence-electron chi connectivity index (χ1n) is 10.3. The Hall–Kier alpha value is -2.42. The normalized spacial score (nSPS) is 25.0. The van der Waals surface area contributed by atoms with Crippen molar-refractivity contribution in [3.05, 3.63) is 36.0 Å². The van der Waals surface area contributed by atoms with Gasteiger partial charge < -0.3 is 16.0 Å². The maximum Gasteiger partial charge on any atom is 0.433 e. The van der Waals surface area contributed by atoms with E-state index in [1.165, 1.54) is 6.07 Å². The first-order valence-corrected chi connectivity index (χ1v) is 10.3. The van der Waals surface area contributed by atoms with E-state index in [4.69, 9.17) is 0 Å². The smallest absolute Gasteiger partial charge is 0.355 e. The molecule has 1 aromatic rings. The predicted octanol–water partition coefficient (Wildman–Crippen LogP) is 3.58. The molecular formula is C22H29F3N4O2. The van der Waals surface area contributed by atoms with Crippen molar-refractivity contribution < 1.29 is 22.8 Å². The maximum atomic E-state index is 12.9. The summed E-state index contributed by atoms with van der Waals surface area (Å²) in [5.41, 5.74) is -0.947. The summed E-state index contributed by atoms with van der Waals surface area (Å²) in [5.74, 6) is -0.544. The zero-order valence-corrected chi connectivity index (χ0v) is 18.0. The average Bonchev–Trinajstić information content (AvgIpc) is 3.20. The van der Waals surface area contributed by atoms with Crippen LogP contribution in [0.2, 0.25) is 0 Å². The molecule has 1 saturated heterocycles. The lowest BCUT2D eigenvalue weighted by Crippen LogP contribution is -2.38. The number of carbonyl (C=O) groups excluding carboxylic acids is 2. The number of pyridine rings is 1. The SMILES string of the molecule is C=CCC(C)(C)CC(=O)NC[C@@]12C[C@@H](C(=O)Nc3nc(C(F)(F)F)ccc3C)N[C@@H]1C2. The monoisotopic (exact) mass is 438 g/mol. The Bertz CT molecular complexity index is 884. The summed E-state index contributed by atoms with van der Waals surface area (Å²) in [6.07, 6.45) is -0.290. The van der Waals surface area contributed by atoms with Gasteiger partial charge in [-0.25, -0.2) is 4.98 Å². The Morgan fingerprint density at radius 3 is 2.68 bits per heavy atom. The van der Waals surface area contributed by atoms with Crippen LogP contribution >= 0.6 is 0 Å². The van der Waals surface area contributed by atoms with E-state index in [0.717, 1.165) is 18.9 Å². The van der Waals surface area contributed by atoms with Crippen molar-refractivity contribution in [2.45, 2.75) is 64.7 Å². The van der Waals surface area contributed by atoms with Crippen LogP contribution in [0.4, 0.5) is 19.0 Å². The van der Waals surface area contributed by atoms with Crippen LogP contribution in [-0.2, 0) is 15.8 Å². The number of nitrogens with one attached hydrogen (secondary N) is 3. The van der Waals surface area contributed by atoms with E-state index in [-0.39, 0.29) is 28.6 Å². The fraction of sp³-hybridized carbons (Fsp3) is 0.591. The first kappa shape index (κ1) is 23.2. The molecule has 2 amide bonds. The Kier molecular flexibility index (Phi) is 6.19. The second-order valence-corrected chi connectivity index (χ2v) is 9.50. The number of amides is 2. The lowest BCUT2D eigenvalue weighted by atomic mass is 9.85. The molecule has 3 N–H and O–H groups in total. The summed E-state index contributed by atoms with van der Waals surface area (Å²) >= 11 is 0. The van der Waals surface area contributed by atoms with Crippen LogP contribution in [0, 0.1) is 17.8 Å². The molecular weight excluding hydrogens is 409 g/mol. The van der Waals surface area contributed by atoms with Crippen LogP contribution in [0.1, 0.15) is 50.8 Å². The Labute approximate surface area is 180 Å². The number of hydrogen-bond donors (Lipinski definition) is 3. The summed E-state index contributed by atoms with van der Waals surface area (Å²) < 4.78 is 38.7. The Morgan fingerprint density at radius 1 is 1.32 bits per heavy atom. The van der Waals surface area contributed by atoms with Gasteiger partial charge in [0.2, 0.25) is 11.8 Å². The van der Waals surface area contributed by atoms with Crippen LogP contribution in [0.3, 0.4) is 0 Å². The van der Waals surface area contributed by atoms with E-state index in [0.29, 0.717) is 24.9 Å². The summed E-state index contributed by atoms with van der Waals surface area (Å²) in [7, 11) is 0. The van der Waals surface area contributed by atoms with Crippen molar-refractivity contribution >= 4 is 17.6 Å². The van der Waals surface area contributed by atoms with Crippen molar-refractivity contribution in [2.75, 3.05) is 11.9 Å². The van der Waals surface area contributed by atoms with Crippen molar-refractivity contribution in [3.63, 3.8) is 0 Å². The summed E-state index contributed by atoms with van der Waals surface area (Å²) in [6, 6.07) is 1.75. The fourth-order valence-corrected chi connectivity index (χ4v) is 4.20. The molecule has 0 bridgehead atoms. The molecule has 9 heteroatoms. The quantitative estimate of drug-likeness (QED) is 0.542. The third kappa shape index (κ3) is 5.44. The third-order valence-corrected chi connectivity index (χ3v) is 6.12. The topological polar surface area (TPSA) is 83.1 Å². The second-order valence-electron chi connectivity index (χ2n) is 9.50. The van der Waals surface area contributed by atoms with Crippen LogP contribution < -0.4 is 16.0 Å². The number of anilines is 1. The van der Waals surface area contributed by atoms with Gasteiger partial charge in [-0.3, -0.25) is 9.59 Å². The lowest BCUT2D eigenvalue weighted by molar-refractivity contribution is -0.141. The molecule has 0 unspecified atom stereocenters. The van der Waals surface area contributed by atoms with Gasteiger partial charge in [0.1, 0.15) is 11.5 Å². The molecule has 0 spiro atoms. The highest BCUT2D eigenvalue weighted by Gasteiger charge is 2.61. The minimum Gasteiger partial charge on any atom is -0.355 e. The molecule has 1 aliphatic heterocycles. The largest absolute Gasteiger partial charge is 0.433 e. The predicted molar refractivity (Wildman–Crippen MR) is 111 cm³/mol. The van der Waals surface area contributed by atoms with Crippen LogP contribution in [0.15, 0.2) is 24.8 Å². The van der Waals surface area contributed by atoms with Crippen LogP contribution in [0.5, 0.6) is 0 Å². The molecule has 31 heavy (non-hydrogen) atoms. The molecule has 1 aromatic heterocycles. The van der Waals surface area contributed by atoms with Crippen LogP contribution in [0.25, 0.3) is 0 Å². The zero-order chi connectivity index (χ0) is 23.0. The zero-order valence-electron chi connectivity index (χ0n) is 18.0. The summed E-state index contributed by atoms with van der Waals surface area (Å²) in [6.45, 7) is 9.80. The molecule has 2 fully saturated rings. The van der Waals surface area contributed by atoms with Gasteiger partial charge in [-0.2, -0.15) is 13.2 Å². The number of nitrogens with zero attached hydrogens (tertiary/aromatic N) is 1. The number of allylic oxidation sites excluding steroid dienone is 1. The first-order chi connectivity index (χ1) is 14.3. The number of fused-ring (bicyclic) bond motifs is 1. The van der Waals surface area contributed by atoms with Gasteiger partial charge in [-0.1, -0.05) is 26.0 Å². The van der Waals surface area contributed by atoms with Gasteiger partial charge in [0, 0.05) is 24.4 Å². The van der Waals surface area contributed by atoms with Gasteiger partial charge in [0.05, 0.1) is 6.04 Å². The average molecular weight is 438 g/mol. The molecule has 2 aliphatic rings. The maximum absolute atomic E-state index is 12.9. The molecule has 0 radical (unpaired) electrons. The molecule has 3 rings (SSSR count). The van der Waals surface area contributed by atoms with E-state index in [1.54, 1.807) is 13.0 Å². The number of carbonyl (C=O) groups is 2. The van der Waals surface area contributed by atoms with Crippen molar-refractivity contribution in [3.8, 4) is 0 Å². The standard InChI is InChI=1S/C22H29F3N4O2/c1-5-8-20(3,4)11-17(30)26-12-21-9-14(27-16(21)10-21)19(31)29-18-13(2)6-7-15(28-18)22(23,24)25/h5-7,14,16,27H,1,8-12H2,2-4H3,(H,26,30)(H,28,29,31)/t14-,16+,21-/m0/s1. The lowest BCUT2D eigenvalue weighted by Gasteiger charge is -2.23. The number of aromatic nitrogens is 1. The number of rotatable bonds is 8. The fourth-order valence-electron chi connectivity index (χ4n) is 4.20. The van der Waals surface area contributed by atoms with Gasteiger partial charge in [0.25, 0.3) is 0 Å². The molecule has 3 atom stereocenters. The molecule has 0 aromatic carbocycles. The third-order valence-electron chi connectivity index (χ3n) is 6.12.